The van der Waals surface area contributed by atoms with Gasteiger partial charge in [-0.15, -0.1) is 0 Å². The number of rotatable bonds is 1. The summed E-state index contributed by atoms with van der Waals surface area (Å²) in [5.74, 6) is 0. The van der Waals surface area contributed by atoms with Crippen LogP contribution in [0.2, 0.25) is 5.15 Å². The molecular weight excluding hydrogens is 239 g/mol. The minimum Gasteiger partial charge on any atom is -0.240 e. The first-order valence-corrected chi connectivity index (χ1v) is 4.97. The van der Waals surface area contributed by atoms with Gasteiger partial charge in [0.1, 0.15) is 11.5 Å². The predicted octanol–water partition coefficient (Wildman–Crippen LogP) is 2.94. The van der Waals surface area contributed by atoms with E-state index in [9.17, 15) is 0 Å². The molecule has 1 aliphatic rings. The summed E-state index contributed by atoms with van der Waals surface area (Å²) < 4.78 is 0.853. The van der Waals surface area contributed by atoms with E-state index in [0.29, 0.717) is 5.15 Å². The Bertz CT molecular complexity index is 323. The molecule has 4 heteroatoms. The first-order valence-electron chi connectivity index (χ1n) is 3.80. The SMILES string of the molecule is CC1(c2ncnc(Cl)c2Br)CC1. The fourth-order valence-corrected chi connectivity index (χ4v) is 2.01. The average Bonchev–Trinajstić information content (AvgIpc) is 2.75. The lowest BCUT2D eigenvalue weighted by Crippen LogP contribution is -2.05. The van der Waals surface area contributed by atoms with Gasteiger partial charge in [0.05, 0.1) is 10.2 Å². The van der Waals surface area contributed by atoms with E-state index in [2.05, 4.69) is 32.8 Å². The lowest BCUT2D eigenvalue weighted by atomic mass is 10.1. The van der Waals surface area contributed by atoms with Crippen LogP contribution >= 0.6 is 27.5 Å². The maximum absolute atomic E-state index is 5.85. The molecule has 1 aromatic rings. The monoisotopic (exact) mass is 246 g/mol. The quantitative estimate of drug-likeness (QED) is 0.713. The molecule has 0 amide bonds. The topological polar surface area (TPSA) is 25.8 Å². The molecule has 0 spiro atoms. The highest BCUT2D eigenvalue weighted by molar-refractivity contribution is 9.10. The van der Waals surface area contributed by atoms with Crippen molar-refractivity contribution in [3.05, 3.63) is 21.6 Å². The van der Waals surface area contributed by atoms with Gasteiger partial charge in [0, 0.05) is 5.41 Å². The second-order valence-corrected chi connectivity index (χ2v) is 4.54. The smallest absolute Gasteiger partial charge is 0.146 e. The maximum Gasteiger partial charge on any atom is 0.146 e. The van der Waals surface area contributed by atoms with E-state index in [4.69, 9.17) is 11.6 Å². The lowest BCUT2D eigenvalue weighted by Gasteiger charge is -2.09. The first kappa shape index (κ1) is 8.45. The molecule has 0 bridgehead atoms. The van der Waals surface area contributed by atoms with E-state index in [-0.39, 0.29) is 5.41 Å². The fourth-order valence-electron chi connectivity index (χ4n) is 1.19. The molecule has 0 unspecified atom stereocenters. The van der Waals surface area contributed by atoms with E-state index in [1.54, 1.807) is 0 Å². The molecule has 12 heavy (non-hydrogen) atoms. The van der Waals surface area contributed by atoms with Crippen molar-refractivity contribution in [2.45, 2.75) is 25.2 Å². The van der Waals surface area contributed by atoms with Crippen LogP contribution in [0.1, 0.15) is 25.5 Å². The molecule has 0 aliphatic heterocycles. The van der Waals surface area contributed by atoms with Crippen molar-refractivity contribution < 1.29 is 0 Å². The summed E-state index contributed by atoms with van der Waals surface area (Å²) in [6.07, 6.45) is 3.91. The number of halogens is 2. The highest BCUT2D eigenvalue weighted by Crippen LogP contribution is 2.49. The van der Waals surface area contributed by atoms with Crippen molar-refractivity contribution in [2.75, 3.05) is 0 Å². The van der Waals surface area contributed by atoms with E-state index in [1.165, 1.54) is 19.2 Å². The van der Waals surface area contributed by atoms with Gasteiger partial charge in [0.25, 0.3) is 0 Å². The highest BCUT2D eigenvalue weighted by atomic mass is 79.9. The van der Waals surface area contributed by atoms with Crippen LogP contribution in [0.15, 0.2) is 10.8 Å². The summed E-state index contributed by atoms with van der Waals surface area (Å²) in [7, 11) is 0. The van der Waals surface area contributed by atoms with Gasteiger partial charge in [0.15, 0.2) is 0 Å². The summed E-state index contributed by atoms with van der Waals surface area (Å²) in [5, 5.41) is 0.508. The molecule has 0 saturated heterocycles. The third-order valence-corrected chi connectivity index (χ3v) is 3.58. The Morgan fingerprint density at radius 1 is 1.50 bits per heavy atom. The summed E-state index contributed by atoms with van der Waals surface area (Å²) in [6.45, 7) is 2.19. The molecule has 0 radical (unpaired) electrons. The van der Waals surface area contributed by atoms with Crippen LogP contribution in [0.25, 0.3) is 0 Å². The van der Waals surface area contributed by atoms with Crippen molar-refractivity contribution in [3.63, 3.8) is 0 Å². The average molecular weight is 248 g/mol. The molecule has 1 heterocycles. The molecule has 0 N–H and O–H groups in total. The number of nitrogens with zero attached hydrogens (tertiary/aromatic N) is 2. The molecule has 2 nitrogen and oxygen atoms in total. The normalized spacial score (nSPS) is 19.2. The summed E-state index contributed by atoms with van der Waals surface area (Å²) in [4.78, 5) is 8.12. The number of hydrogen-bond donors (Lipinski definition) is 0. The van der Waals surface area contributed by atoms with Crippen LogP contribution < -0.4 is 0 Å². The maximum atomic E-state index is 5.85. The second kappa shape index (κ2) is 2.67. The Balaban J connectivity index is 2.51. The second-order valence-electron chi connectivity index (χ2n) is 3.39. The Hall–Kier alpha value is -0.150. The fraction of sp³-hybridized carbons (Fsp3) is 0.500. The summed E-state index contributed by atoms with van der Waals surface area (Å²) in [6, 6.07) is 0. The molecule has 1 fully saturated rings. The van der Waals surface area contributed by atoms with Crippen molar-refractivity contribution in [2.24, 2.45) is 0 Å². The minimum absolute atomic E-state index is 0.241. The Kier molecular flexibility index (Phi) is 1.88. The van der Waals surface area contributed by atoms with Crippen LogP contribution in [0.3, 0.4) is 0 Å². The highest BCUT2D eigenvalue weighted by Gasteiger charge is 2.42. The molecule has 0 atom stereocenters. The Morgan fingerprint density at radius 3 is 2.75 bits per heavy atom. The van der Waals surface area contributed by atoms with Gasteiger partial charge < -0.3 is 0 Å². The Morgan fingerprint density at radius 2 is 2.17 bits per heavy atom. The van der Waals surface area contributed by atoms with Crippen molar-refractivity contribution in [1.29, 1.82) is 0 Å². The largest absolute Gasteiger partial charge is 0.240 e. The van der Waals surface area contributed by atoms with Gasteiger partial charge in [-0.3, -0.25) is 0 Å². The zero-order chi connectivity index (χ0) is 8.77. The Labute approximate surface area is 84.5 Å². The third-order valence-electron chi connectivity index (χ3n) is 2.32. The van der Waals surface area contributed by atoms with Gasteiger partial charge in [-0.05, 0) is 28.8 Å². The van der Waals surface area contributed by atoms with Crippen LogP contribution in [-0.4, -0.2) is 9.97 Å². The molecule has 64 valence electrons. The number of hydrogen-bond acceptors (Lipinski definition) is 2. The van der Waals surface area contributed by atoms with Gasteiger partial charge in [-0.25, -0.2) is 9.97 Å². The van der Waals surface area contributed by atoms with E-state index in [0.717, 1.165) is 10.2 Å². The van der Waals surface area contributed by atoms with Gasteiger partial charge in [-0.2, -0.15) is 0 Å². The van der Waals surface area contributed by atoms with Crippen LogP contribution in [0.5, 0.6) is 0 Å². The van der Waals surface area contributed by atoms with Crippen LogP contribution in [0, 0.1) is 0 Å². The summed E-state index contributed by atoms with van der Waals surface area (Å²) in [5.41, 5.74) is 1.29. The number of aromatic nitrogens is 2. The van der Waals surface area contributed by atoms with Crippen molar-refractivity contribution in [3.8, 4) is 0 Å². The molecule has 1 aromatic heterocycles. The first-order chi connectivity index (χ1) is 5.63. The van der Waals surface area contributed by atoms with Gasteiger partial charge >= 0.3 is 0 Å². The zero-order valence-corrected chi connectivity index (χ0v) is 8.98. The molecule has 0 aromatic carbocycles. The van der Waals surface area contributed by atoms with Gasteiger partial charge in [0.2, 0.25) is 0 Å². The molecule has 1 aliphatic carbocycles. The van der Waals surface area contributed by atoms with E-state index in [1.807, 2.05) is 0 Å². The molecular formula is C8H8BrClN2. The van der Waals surface area contributed by atoms with Crippen LogP contribution in [-0.2, 0) is 5.41 Å². The predicted molar refractivity (Wildman–Crippen MR) is 51.3 cm³/mol. The van der Waals surface area contributed by atoms with Crippen molar-refractivity contribution in [1.82, 2.24) is 9.97 Å². The third kappa shape index (κ3) is 1.25. The zero-order valence-electron chi connectivity index (χ0n) is 6.64. The molecule has 2 rings (SSSR count). The van der Waals surface area contributed by atoms with E-state index >= 15 is 0 Å². The van der Waals surface area contributed by atoms with Crippen LogP contribution in [0.4, 0.5) is 0 Å². The van der Waals surface area contributed by atoms with Crippen molar-refractivity contribution >= 4 is 27.5 Å². The van der Waals surface area contributed by atoms with Gasteiger partial charge in [-0.1, -0.05) is 18.5 Å². The molecule has 1 saturated carbocycles. The minimum atomic E-state index is 0.241. The summed E-state index contributed by atoms with van der Waals surface area (Å²) >= 11 is 9.25. The lowest BCUT2D eigenvalue weighted by molar-refractivity contribution is 0.737. The van der Waals surface area contributed by atoms with E-state index < -0.39 is 0 Å². The standard InChI is InChI=1S/C8H8BrClN2/c1-8(2-3-8)6-5(9)7(10)12-4-11-6/h4H,2-3H2,1H3.